The summed E-state index contributed by atoms with van der Waals surface area (Å²) in [5, 5.41) is 11.2. The first-order valence-electron chi connectivity index (χ1n) is 11.3. The Labute approximate surface area is 194 Å². The molecule has 170 valence electrons. The number of rotatable bonds is 5. The zero-order valence-electron chi connectivity index (χ0n) is 18.4. The van der Waals surface area contributed by atoms with Gasteiger partial charge in [0.05, 0.1) is 24.3 Å². The third kappa shape index (κ3) is 4.30. The van der Waals surface area contributed by atoms with Crippen LogP contribution in [0.1, 0.15) is 27.9 Å². The Morgan fingerprint density at radius 1 is 1.06 bits per heavy atom. The van der Waals surface area contributed by atoms with Crippen molar-refractivity contribution < 1.29 is 14.6 Å². The lowest BCUT2D eigenvalue weighted by Crippen LogP contribution is -2.77. The van der Waals surface area contributed by atoms with Crippen molar-refractivity contribution in [2.75, 3.05) is 39.8 Å². The number of halogens is 1. The van der Waals surface area contributed by atoms with E-state index in [0.717, 1.165) is 62.8 Å². The summed E-state index contributed by atoms with van der Waals surface area (Å²) < 4.78 is 4.88. The topological polar surface area (TPSA) is 56.2 Å². The number of likely N-dealkylation sites (tertiary alicyclic amines) is 1. The summed E-state index contributed by atoms with van der Waals surface area (Å²) >= 11 is 6.17. The van der Waals surface area contributed by atoms with E-state index in [4.69, 9.17) is 16.3 Å². The number of aliphatic hydroxyl groups excluding tert-OH is 1. The fourth-order valence-electron chi connectivity index (χ4n) is 5.88. The van der Waals surface area contributed by atoms with Crippen molar-refractivity contribution in [3.8, 4) is 0 Å². The van der Waals surface area contributed by atoms with Gasteiger partial charge in [-0.1, -0.05) is 35.9 Å². The largest absolute Gasteiger partial charge is 0.465 e. The van der Waals surface area contributed by atoms with E-state index in [1.165, 1.54) is 12.7 Å². The summed E-state index contributed by atoms with van der Waals surface area (Å²) in [6.07, 6.45) is 0.579. The van der Waals surface area contributed by atoms with E-state index in [2.05, 4.69) is 26.8 Å². The zero-order valence-corrected chi connectivity index (χ0v) is 19.2. The molecule has 2 aromatic carbocycles. The van der Waals surface area contributed by atoms with Gasteiger partial charge in [-0.25, -0.2) is 4.79 Å². The van der Waals surface area contributed by atoms with Crippen LogP contribution in [0, 0.1) is 0 Å². The Morgan fingerprint density at radius 2 is 1.75 bits per heavy atom. The molecule has 0 aromatic heterocycles. The molecular weight excluding hydrogens is 426 g/mol. The molecule has 1 N–H and O–H groups in total. The summed E-state index contributed by atoms with van der Waals surface area (Å²) in [7, 11) is 1.41. The maximum absolute atomic E-state index is 11.9. The van der Waals surface area contributed by atoms with Crippen molar-refractivity contribution in [2.24, 2.45) is 0 Å². The Kier molecular flexibility index (Phi) is 5.99. The molecule has 2 unspecified atom stereocenters. The maximum Gasteiger partial charge on any atom is 0.337 e. The molecule has 0 amide bonds. The first-order valence-corrected chi connectivity index (χ1v) is 11.6. The highest BCUT2D eigenvalue weighted by Gasteiger charge is 2.55. The maximum atomic E-state index is 11.9. The number of benzene rings is 2. The number of β-amino-alcohol motifs (C(OH)–C–C–N with tert-alkyl or cyclic N) is 1. The molecule has 3 fully saturated rings. The van der Waals surface area contributed by atoms with Crippen LogP contribution in [0.4, 0.5) is 0 Å². The summed E-state index contributed by atoms with van der Waals surface area (Å²) in [6.45, 7) is 6.33. The highest BCUT2D eigenvalue weighted by Crippen LogP contribution is 2.40. The Hall–Kier alpha value is -1.96. The summed E-state index contributed by atoms with van der Waals surface area (Å²) in [5.74, 6) is -0.303. The van der Waals surface area contributed by atoms with Crippen LogP contribution in [0.3, 0.4) is 0 Å². The van der Waals surface area contributed by atoms with Crippen LogP contribution in [0.25, 0.3) is 0 Å². The van der Waals surface area contributed by atoms with E-state index >= 15 is 0 Å². The van der Waals surface area contributed by atoms with Crippen LogP contribution >= 0.6 is 11.6 Å². The van der Waals surface area contributed by atoms with E-state index in [1.807, 2.05) is 30.3 Å². The highest BCUT2D eigenvalue weighted by molar-refractivity contribution is 6.30. The van der Waals surface area contributed by atoms with Crippen molar-refractivity contribution >= 4 is 17.6 Å². The zero-order chi connectivity index (χ0) is 22.3. The summed E-state index contributed by atoms with van der Waals surface area (Å²) in [6, 6.07) is 16.2. The van der Waals surface area contributed by atoms with Gasteiger partial charge in [0.15, 0.2) is 0 Å². The van der Waals surface area contributed by atoms with Crippen molar-refractivity contribution in [3.63, 3.8) is 0 Å². The van der Waals surface area contributed by atoms with Crippen molar-refractivity contribution in [1.82, 2.24) is 14.7 Å². The van der Waals surface area contributed by atoms with Gasteiger partial charge in [-0.2, -0.15) is 0 Å². The van der Waals surface area contributed by atoms with Crippen molar-refractivity contribution in [3.05, 3.63) is 70.2 Å². The first kappa shape index (κ1) is 21.9. The quantitative estimate of drug-likeness (QED) is 0.699. The lowest BCUT2D eigenvalue weighted by molar-refractivity contribution is -0.118. The average Bonchev–Trinajstić information content (AvgIpc) is 3.13. The van der Waals surface area contributed by atoms with Crippen molar-refractivity contribution in [1.29, 1.82) is 0 Å². The van der Waals surface area contributed by atoms with Gasteiger partial charge in [-0.15, -0.1) is 0 Å². The monoisotopic (exact) mass is 455 g/mol. The molecule has 32 heavy (non-hydrogen) atoms. The molecule has 0 bridgehead atoms. The predicted octanol–water partition coefficient (Wildman–Crippen LogP) is 2.63. The van der Waals surface area contributed by atoms with E-state index in [1.54, 1.807) is 6.07 Å². The van der Waals surface area contributed by atoms with E-state index in [0.29, 0.717) is 11.6 Å². The Morgan fingerprint density at radius 3 is 2.50 bits per heavy atom. The van der Waals surface area contributed by atoms with Gasteiger partial charge in [0.1, 0.15) is 0 Å². The molecule has 6 nitrogen and oxygen atoms in total. The van der Waals surface area contributed by atoms with Crippen LogP contribution in [0.2, 0.25) is 5.02 Å². The molecule has 7 heteroatoms. The van der Waals surface area contributed by atoms with Crippen molar-refractivity contribution in [2.45, 2.75) is 37.2 Å². The third-order valence-corrected chi connectivity index (χ3v) is 7.31. The van der Waals surface area contributed by atoms with Gasteiger partial charge in [-0.3, -0.25) is 14.7 Å². The molecule has 0 aliphatic carbocycles. The smallest absolute Gasteiger partial charge is 0.337 e. The first-order chi connectivity index (χ1) is 15.4. The molecule has 5 rings (SSSR count). The molecule has 2 aromatic rings. The molecule has 2 atom stereocenters. The van der Waals surface area contributed by atoms with Crippen LogP contribution in [0.15, 0.2) is 48.5 Å². The van der Waals surface area contributed by atoms with Crippen LogP contribution in [-0.2, 0) is 17.8 Å². The molecule has 3 aliphatic rings. The van der Waals surface area contributed by atoms with Crippen LogP contribution in [0.5, 0.6) is 0 Å². The van der Waals surface area contributed by atoms with Crippen LogP contribution in [-0.4, -0.2) is 83.3 Å². The predicted molar refractivity (Wildman–Crippen MR) is 124 cm³/mol. The number of carbonyl (C=O) groups is 1. The normalized spacial score (nSPS) is 25.5. The van der Waals surface area contributed by atoms with Gasteiger partial charge >= 0.3 is 5.97 Å². The molecule has 1 spiro atoms. The number of hydrogen-bond acceptors (Lipinski definition) is 6. The molecule has 3 saturated heterocycles. The Bertz CT molecular complexity index is 994. The van der Waals surface area contributed by atoms with Gasteiger partial charge in [-0.05, 0) is 41.8 Å². The number of esters is 1. The lowest BCUT2D eigenvalue weighted by atomic mass is 9.83. The number of hydrogen-bond donors (Lipinski definition) is 1. The molecule has 0 saturated carbocycles. The number of piperazine rings is 1. The molecule has 3 aliphatic heterocycles. The highest BCUT2D eigenvalue weighted by atomic mass is 35.5. The molecular formula is C25H30ClN3O3. The van der Waals surface area contributed by atoms with Gasteiger partial charge in [0.25, 0.3) is 0 Å². The molecule has 0 radical (unpaired) electrons. The van der Waals surface area contributed by atoms with E-state index in [-0.39, 0.29) is 17.6 Å². The third-order valence-electron chi connectivity index (χ3n) is 7.07. The standard InChI is InChI=1S/C25H30ClN3O3/c1-32-24(31)20-6-2-4-18(8-20)11-27-13-22-10-23(30)14-29(22)25(15-27)16-28(17-25)12-19-5-3-7-21(26)9-19/h2-9,22-23,30H,10-17H2,1H3. The lowest BCUT2D eigenvalue weighted by Gasteiger charge is -2.61. The minimum absolute atomic E-state index is 0.0684. The summed E-state index contributed by atoms with van der Waals surface area (Å²) in [4.78, 5) is 19.4. The van der Waals surface area contributed by atoms with E-state index in [9.17, 15) is 9.90 Å². The molecule has 3 heterocycles. The Balaban J connectivity index is 1.29. The number of nitrogens with zero attached hydrogens (tertiary/aromatic N) is 3. The fourth-order valence-corrected chi connectivity index (χ4v) is 6.09. The summed E-state index contributed by atoms with van der Waals surface area (Å²) in [5.41, 5.74) is 3.01. The average molecular weight is 456 g/mol. The van der Waals surface area contributed by atoms with Gasteiger partial charge in [0.2, 0.25) is 0 Å². The SMILES string of the molecule is COC(=O)c1cccc(CN2CC3CC(O)CN3C3(C2)CN(Cc2cccc(Cl)c2)C3)c1. The number of carbonyl (C=O) groups excluding carboxylic acids is 1. The number of aliphatic hydroxyl groups is 1. The minimum Gasteiger partial charge on any atom is -0.465 e. The minimum atomic E-state index is -0.303. The van der Waals surface area contributed by atoms with E-state index < -0.39 is 0 Å². The number of fused-ring (bicyclic) bond motifs is 2. The second kappa shape index (κ2) is 8.76. The van der Waals surface area contributed by atoms with Gasteiger partial charge < -0.3 is 9.84 Å². The fraction of sp³-hybridized carbons (Fsp3) is 0.480. The second-order valence-electron chi connectivity index (χ2n) is 9.56. The number of methoxy groups -OCH3 is 1. The van der Waals surface area contributed by atoms with Crippen LogP contribution < -0.4 is 0 Å². The van der Waals surface area contributed by atoms with Gasteiger partial charge in [0, 0.05) is 56.9 Å². The number of ether oxygens (including phenoxy) is 1. The second-order valence-corrected chi connectivity index (χ2v) is 9.99.